The molecule has 2 aliphatic rings. The predicted octanol–water partition coefficient (Wildman–Crippen LogP) is 4.38. The van der Waals surface area contributed by atoms with Gasteiger partial charge in [-0.15, -0.1) is 0 Å². The largest absolute Gasteiger partial charge is 0.349 e. The topological polar surface area (TPSA) is 62.9 Å². The van der Waals surface area contributed by atoms with E-state index in [0.717, 1.165) is 18.4 Å². The zero-order valence-corrected chi connectivity index (χ0v) is 17.6. The van der Waals surface area contributed by atoms with Gasteiger partial charge in [-0.3, -0.25) is 0 Å². The van der Waals surface area contributed by atoms with Crippen molar-refractivity contribution in [1.82, 2.24) is 0 Å². The lowest BCUT2D eigenvalue weighted by Crippen LogP contribution is -2.54. The molecule has 0 aliphatic carbocycles. The van der Waals surface area contributed by atoms with Crippen LogP contribution in [-0.4, -0.2) is 36.9 Å². The van der Waals surface area contributed by atoms with E-state index in [1.165, 1.54) is 25.7 Å². The summed E-state index contributed by atoms with van der Waals surface area (Å²) in [5.41, 5.74) is 7.68. The van der Waals surface area contributed by atoms with Gasteiger partial charge in [-0.1, -0.05) is 69.4 Å². The highest BCUT2D eigenvalue weighted by Crippen LogP contribution is 2.39. The van der Waals surface area contributed by atoms with E-state index in [4.69, 9.17) is 24.7 Å². The molecule has 1 aromatic carbocycles. The first kappa shape index (κ1) is 21.7. The molecule has 2 heterocycles. The first-order valence-electron chi connectivity index (χ1n) is 10.9. The molecule has 2 aliphatic heterocycles. The van der Waals surface area contributed by atoms with E-state index in [1.807, 2.05) is 44.2 Å². The maximum Gasteiger partial charge on any atom is 0.186 e. The first-order chi connectivity index (χ1) is 13.5. The van der Waals surface area contributed by atoms with Gasteiger partial charge in [0.25, 0.3) is 0 Å². The number of benzene rings is 1. The summed E-state index contributed by atoms with van der Waals surface area (Å²) in [6, 6.07) is 10.2. The summed E-state index contributed by atoms with van der Waals surface area (Å²) in [6.45, 7) is 7.18. The molecule has 2 fully saturated rings. The Morgan fingerprint density at radius 2 is 1.79 bits per heavy atom. The number of ether oxygens (including phenoxy) is 4. The highest BCUT2D eigenvalue weighted by atomic mass is 16.8. The summed E-state index contributed by atoms with van der Waals surface area (Å²) in [4.78, 5) is 0. The minimum atomic E-state index is -0.642. The van der Waals surface area contributed by atoms with Crippen LogP contribution in [0, 0.1) is 5.92 Å². The molecule has 0 bridgehead atoms. The first-order valence-corrected chi connectivity index (χ1v) is 10.9. The number of unbranched alkanes of at least 4 members (excludes halogenated alkanes) is 4. The van der Waals surface area contributed by atoms with Crippen molar-refractivity contribution in [2.75, 3.05) is 6.61 Å². The van der Waals surface area contributed by atoms with E-state index >= 15 is 0 Å². The molecule has 5 nitrogen and oxygen atoms in total. The van der Waals surface area contributed by atoms with Crippen LogP contribution in [0.2, 0.25) is 0 Å². The summed E-state index contributed by atoms with van der Waals surface area (Å²) >= 11 is 0. The number of rotatable bonds is 10. The van der Waals surface area contributed by atoms with Crippen LogP contribution in [0.1, 0.15) is 64.9 Å². The summed E-state index contributed by atoms with van der Waals surface area (Å²) in [6.07, 6.45) is 6.49. The average Bonchev–Trinajstić information content (AvgIpc) is 3.01. The Kier molecular flexibility index (Phi) is 7.89. The number of hydrogen-bond donors (Lipinski definition) is 1. The maximum atomic E-state index is 6.56. The molecule has 0 saturated carbocycles. The normalized spacial score (nSPS) is 30.1. The fourth-order valence-corrected chi connectivity index (χ4v) is 4.21. The van der Waals surface area contributed by atoms with E-state index in [9.17, 15) is 0 Å². The minimum Gasteiger partial charge on any atom is -0.349 e. The Bertz CT molecular complexity index is 579. The zero-order valence-electron chi connectivity index (χ0n) is 17.6. The molecule has 2 saturated heterocycles. The third-order valence-corrected chi connectivity index (χ3v) is 5.75. The average molecular weight is 392 g/mol. The molecule has 5 atom stereocenters. The SMILES string of the molecule is CCCCCCCC(N)[C@H]1COC(OCc2ccccc2)[C@H]2OC(C)(C)O[C@H]12. The predicted molar refractivity (Wildman–Crippen MR) is 110 cm³/mol. The molecule has 2 N–H and O–H groups in total. The van der Waals surface area contributed by atoms with Crippen LogP contribution in [-0.2, 0) is 25.6 Å². The van der Waals surface area contributed by atoms with Crippen LogP contribution in [0.5, 0.6) is 0 Å². The Hall–Kier alpha value is -0.980. The van der Waals surface area contributed by atoms with Crippen molar-refractivity contribution in [1.29, 1.82) is 0 Å². The van der Waals surface area contributed by atoms with Crippen molar-refractivity contribution < 1.29 is 18.9 Å². The van der Waals surface area contributed by atoms with E-state index in [0.29, 0.717) is 13.2 Å². The van der Waals surface area contributed by atoms with Gasteiger partial charge in [0.2, 0.25) is 0 Å². The second-order valence-corrected chi connectivity index (χ2v) is 8.59. The number of fused-ring (bicyclic) bond motifs is 1. The Balaban J connectivity index is 1.56. The summed E-state index contributed by atoms with van der Waals surface area (Å²) in [5.74, 6) is -0.509. The quantitative estimate of drug-likeness (QED) is 0.600. The fourth-order valence-electron chi connectivity index (χ4n) is 4.21. The third kappa shape index (κ3) is 5.77. The standard InChI is InChI=1S/C23H37NO4/c1-4-5-6-7-11-14-19(24)18-16-26-22(21-20(18)27-23(2,3)28-21)25-15-17-12-9-8-10-13-17/h8-10,12-13,18-22H,4-7,11,14-16,24H2,1-3H3/t18-,19?,20-,21+,22?/m1/s1. The highest BCUT2D eigenvalue weighted by molar-refractivity contribution is 5.13. The Morgan fingerprint density at radius 1 is 1.07 bits per heavy atom. The Labute approximate surface area is 169 Å². The smallest absolute Gasteiger partial charge is 0.186 e. The van der Waals surface area contributed by atoms with Crippen LogP contribution in [0.15, 0.2) is 30.3 Å². The lowest BCUT2D eigenvalue weighted by atomic mass is 9.86. The second-order valence-electron chi connectivity index (χ2n) is 8.59. The molecule has 1 aromatic rings. The van der Waals surface area contributed by atoms with Crippen molar-refractivity contribution in [2.24, 2.45) is 11.7 Å². The van der Waals surface area contributed by atoms with E-state index in [-0.39, 0.29) is 24.2 Å². The van der Waals surface area contributed by atoms with Gasteiger partial charge >= 0.3 is 0 Å². The van der Waals surface area contributed by atoms with Gasteiger partial charge < -0.3 is 24.7 Å². The molecular weight excluding hydrogens is 354 g/mol. The lowest BCUT2D eigenvalue weighted by Gasteiger charge is -2.39. The number of nitrogens with two attached hydrogens (primary N) is 1. The molecule has 3 rings (SSSR count). The monoisotopic (exact) mass is 391 g/mol. The van der Waals surface area contributed by atoms with Gasteiger partial charge in [-0.25, -0.2) is 0 Å². The Morgan fingerprint density at radius 3 is 2.54 bits per heavy atom. The van der Waals surface area contributed by atoms with Gasteiger partial charge in [-0.05, 0) is 25.8 Å². The third-order valence-electron chi connectivity index (χ3n) is 5.75. The van der Waals surface area contributed by atoms with Crippen LogP contribution < -0.4 is 5.73 Å². The van der Waals surface area contributed by atoms with Gasteiger partial charge in [0.05, 0.1) is 19.3 Å². The van der Waals surface area contributed by atoms with E-state index < -0.39 is 12.1 Å². The van der Waals surface area contributed by atoms with E-state index in [1.54, 1.807) is 0 Å². The maximum absolute atomic E-state index is 6.56. The molecule has 0 spiro atoms. The van der Waals surface area contributed by atoms with Crippen molar-refractivity contribution in [3.05, 3.63) is 35.9 Å². The van der Waals surface area contributed by atoms with Crippen LogP contribution >= 0.6 is 0 Å². The van der Waals surface area contributed by atoms with Gasteiger partial charge in [0, 0.05) is 12.0 Å². The van der Waals surface area contributed by atoms with Crippen LogP contribution in [0.3, 0.4) is 0 Å². The van der Waals surface area contributed by atoms with Gasteiger partial charge in [0.1, 0.15) is 6.10 Å². The van der Waals surface area contributed by atoms with Crippen molar-refractivity contribution in [2.45, 2.75) is 96.2 Å². The minimum absolute atomic E-state index is 0.0571. The summed E-state index contributed by atoms with van der Waals surface area (Å²) in [7, 11) is 0. The van der Waals surface area contributed by atoms with Crippen molar-refractivity contribution >= 4 is 0 Å². The molecule has 2 unspecified atom stereocenters. The fraction of sp³-hybridized carbons (Fsp3) is 0.739. The van der Waals surface area contributed by atoms with Gasteiger partial charge in [0.15, 0.2) is 12.1 Å². The molecule has 0 aromatic heterocycles. The van der Waals surface area contributed by atoms with Crippen LogP contribution in [0.25, 0.3) is 0 Å². The summed E-state index contributed by atoms with van der Waals surface area (Å²) < 4.78 is 24.6. The molecular formula is C23H37NO4. The van der Waals surface area contributed by atoms with E-state index in [2.05, 4.69) is 6.92 Å². The summed E-state index contributed by atoms with van der Waals surface area (Å²) in [5, 5.41) is 0. The molecule has 28 heavy (non-hydrogen) atoms. The molecule has 0 amide bonds. The molecule has 158 valence electrons. The second kappa shape index (κ2) is 10.2. The van der Waals surface area contributed by atoms with Crippen LogP contribution in [0.4, 0.5) is 0 Å². The lowest BCUT2D eigenvalue weighted by molar-refractivity contribution is -0.245. The molecule has 5 heteroatoms. The number of hydrogen-bond acceptors (Lipinski definition) is 5. The molecule has 0 radical (unpaired) electrons. The van der Waals surface area contributed by atoms with Gasteiger partial charge in [-0.2, -0.15) is 0 Å². The highest BCUT2D eigenvalue weighted by Gasteiger charge is 2.53. The van der Waals surface area contributed by atoms with Crippen molar-refractivity contribution in [3.8, 4) is 0 Å². The zero-order chi connectivity index (χ0) is 20.0. The van der Waals surface area contributed by atoms with Crippen molar-refractivity contribution in [3.63, 3.8) is 0 Å².